The number of aliphatic hydroxyl groups is 1. The Morgan fingerprint density at radius 2 is 1.82 bits per heavy atom. The second-order valence-corrected chi connectivity index (χ2v) is 7.62. The number of aromatic nitrogens is 1. The first kappa shape index (κ1) is 30.9. The number of nitrogens with two attached hydrogens (primary N) is 1. The van der Waals surface area contributed by atoms with Gasteiger partial charge in [-0.2, -0.15) is 8.78 Å². The molecule has 1 heterocycles. The minimum Gasteiger partial charge on any atom is -0.405 e. The van der Waals surface area contributed by atoms with E-state index in [-0.39, 0.29) is 30.2 Å². The zero-order valence-corrected chi connectivity index (χ0v) is 20.3. The van der Waals surface area contributed by atoms with E-state index in [1.165, 1.54) is 18.3 Å². The normalized spacial score (nSPS) is 11.8. The van der Waals surface area contributed by atoms with Crippen LogP contribution in [0, 0.1) is 18.7 Å². The molecule has 4 N–H and O–H groups in total. The number of anilines is 1. The van der Waals surface area contributed by atoms with E-state index in [1.54, 1.807) is 7.05 Å². The Labute approximate surface area is 200 Å². The van der Waals surface area contributed by atoms with Crippen molar-refractivity contribution in [2.45, 2.75) is 52.7 Å². The number of aliphatic hydroxyl groups excluding tert-OH is 1. The van der Waals surface area contributed by atoms with E-state index in [1.807, 2.05) is 42.3 Å². The number of rotatable bonds is 9. The SMILES string of the molecule is C=CN.CCCCC(C)C(c1ccc(F)cc1)N(CC(=O)NC)c1ccc(C)cn1.OC(F)F. The largest absolute Gasteiger partial charge is 0.405 e. The molecule has 9 heteroatoms. The summed E-state index contributed by atoms with van der Waals surface area (Å²) in [6, 6.07) is 10.5. The number of hydrogen-bond donors (Lipinski definition) is 3. The van der Waals surface area contributed by atoms with Gasteiger partial charge in [0.25, 0.3) is 0 Å². The molecule has 0 aliphatic heterocycles. The van der Waals surface area contributed by atoms with Crippen molar-refractivity contribution in [2.24, 2.45) is 11.7 Å². The molecular weight excluding hydrogens is 445 g/mol. The Morgan fingerprint density at radius 1 is 1.26 bits per heavy atom. The number of halogens is 3. The third-order valence-corrected chi connectivity index (χ3v) is 4.88. The summed E-state index contributed by atoms with van der Waals surface area (Å²) in [5.41, 5.74) is 6.67. The maximum Gasteiger partial charge on any atom is 0.342 e. The second-order valence-electron chi connectivity index (χ2n) is 7.62. The number of aryl methyl sites for hydroxylation is 1. The number of hydrogen-bond acceptors (Lipinski definition) is 5. The zero-order valence-electron chi connectivity index (χ0n) is 20.3. The van der Waals surface area contributed by atoms with Crippen LogP contribution in [0.15, 0.2) is 55.4 Å². The van der Waals surface area contributed by atoms with E-state index in [9.17, 15) is 18.0 Å². The summed E-state index contributed by atoms with van der Waals surface area (Å²) in [6.07, 6.45) is 6.30. The first-order valence-electron chi connectivity index (χ1n) is 11.0. The molecule has 1 amide bonds. The molecule has 0 fully saturated rings. The van der Waals surface area contributed by atoms with Crippen LogP contribution >= 0.6 is 0 Å². The third-order valence-electron chi connectivity index (χ3n) is 4.88. The second kappa shape index (κ2) is 17.4. The summed E-state index contributed by atoms with van der Waals surface area (Å²) in [5, 5.41) is 9.43. The van der Waals surface area contributed by atoms with Crippen molar-refractivity contribution in [1.82, 2.24) is 10.3 Å². The van der Waals surface area contributed by atoms with Gasteiger partial charge in [-0.25, -0.2) is 9.37 Å². The minimum atomic E-state index is -3.17. The molecule has 0 radical (unpaired) electrons. The van der Waals surface area contributed by atoms with Gasteiger partial charge in [-0.1, -0.05) is 51.5 Å². The first-order chi connectivity index (χ1) is 16.1. The van der Waals surface area contributed by atoms with E-state index in [4.69, 9.17) is 5.11 Å². The molecular formula is C25H37F3N4O2. The highest BCUT2D eigenvalue weighted by molar-refractivity contribution is 5.81. The number of nitrogens with zero attached hydrogens (tertiary/aromatic N) is 2. The topological polar surface area (TPSA) is 91.5 Å². The summed E-state index contributed by atoms with van der Waals surface area (Å²) in [6.45, 7) is 6.52. The fourth-order valence-electron chi connectivity index (χ4n) is 3.35. The average molecular weight is 483 g/mol. The fourth-order valence-corrected chi connectivity index (χ4v) is 3.35. The maximum absolute atomic E-state index is 13.5. The van der Waals surface area contributed by atoms with Gasteiger partial charge in [-0.15, -0.1) is 0 Å². The van der Waals surface area contributed by atoms with Crippen molar-refractivity contribution in [3.05, 3.63) is 72.3 Å². The highest BCUT2D eigenvalue weighted by Gasteiger charge is 2.28. The van der Waals surface area contributed by atoms with E-state index in [0.717, 1.165) is 36.2 Å². The van der Waals surface area contributed by atoms with Crippen LogP contribution in [-0.2, 0) is 4.79 Å². The summed E-state index contributed by atoms with van der Waals surface area (Å²) in [4.78, 5) is 18.8. The number of pyridine rings is 1. The molecule has 6 nitrogen and oxygen atoms in total. The molecule has 2 atom stereocenters. The van der Waals surface area contributed by atoms with E-state index < -0.39 is 6.61 Å². The summed E-state index contributed by atoms with van der Waals surface area (Å²) < 4.78 is 33.3. The van der Waals surface area contributed by atoms with Crippen LogP contribution in [0.3, 0.4) is 0 Å². The highest BCUT2D eigenvalue weighted by Crippen LogP contribution is 2.34. The molecule has 1 aromatic heterocycles. The van der Waals surface area contributed by atoms with Crippen LogP contribution in [-0.4, -0.2) is 36.2 Å². The molecule has 0 spiro atoms. The molecule has 2 aromatic rings. The van der Waals surface area contributed by atoms with Gasteiger partial charge in [0, 0.05) is 13.2 Å². The van der Waals surface area contributed by atoms with Crippen LogP contribution in [0.5, 0.6) is 0 Å². The molecule has 34 heavy (non-hydrogen) atoms. The number of benzene rings is 1. The minimum absolute atomic E-state index is 0.0651. The number of carbonyl (C=O) groups is 1. The van der Waals surface area contributed by atoms with Crippen molar-refractivity contribution >= 4 is 11.7 Å². The standard InChI is InChI=1S/C22H30FN3O.C2H5N.CH2F2O/c1-5-6-7-17(3)22(18-9-11-19(23)12-10-18)26(15-21(27)24-4)20-13-8-16(2)14-25-20;1-2-3;2-1(3)4/h8-14,17,22H,5-7,15H2,1-4H3,(H,24,27);2H,1,3H2;1,4H. The number of amides is 1. The molecule has 0 saturated carbocycles. The average Bonchev–Trinajstić information content (AvgIpc) is 2.79. The first-order valence-corrected chi connectivity index (χ1v) is 11.0. The van der Waals surface area contributed by atoms with Crippen LogP contribution in [0.2, 0.25) is 0 Å². The molecule has 0 aliphatic rings. The van der Waals surface area contributed by atoms with Gasteiger partial charge in [0.05, 0.1) is 12.6 Å². The number of likely N-dealkylation sites (N-methyl/N-ethyl adjacent to an activating group) is 1. The zero-order chi connectivity index (χ0) is 26.1. The quantitative estimate of drug-likeness (QED) is 0.471. The molecule has 2 rings (SSSR count). The van der Waals surface area contributed by atoms with Gasteiger partial charge in [0.2, 0.25) is 5.91 Å². The lowest BCUT2D eigenvalue weighted by Gasteiger charge is -2.37. The molecule has 0 aliphatic carbocycles. The highest BCUT2D eigenvalue weighted by atomic mass is 19.3. The lowest BCUT2D eigenvalue weighted by Crippen LogP contribution is -2.41. The van der Waals surface area contributed by atoms with Crippen LogP contribution in [0.4, 0.5) is 19.0 Å². The smallest absolute Gasteiger partial charge is 0.342 e. The van der Waals surface area contributed by atoms with Crippen molar-refractivity contribution in [1.29, 1.82) is 0 Å². The van der Waals surface area contributed by atoms with Crippen molar-refractivity contribution in [3.8, 4) is 0 Å². The summed E-state index contributed by atoms with van der Waals surface area (Å²) in [5.74, 6) is 0.697. The van der Waals surface area contributed by atoms with E-state index in [0.29, 0.717) is 0 Å². The Morgan fingerprint density at radius 3 is 2.26 bits per heavy atom. The van der Waals surface area contributed by atoms with Crippen LogP contribution in [0.1, 0.15) is 50.3 Å². The molecule has 0 saturated heterocycles. The lowest BCUT2D eigenvalue weighted by atomic mass is 9.88. The Balaban J connectivity index is 0.00000137. The molecule has 190 valence electrons. The van der Waals surface area contributed by atoms with Crippen molar-refractivity contribution < 1.29 is 23.1 Å². The van der Waals surface area contributed by atoms with Gasteiger partial charge in [0.1, 0.15) is 11.6 Å². The summed E-state index contributed by atoms with van der Waals surface area (Å²) in [7, 11) is 1.64. The van der Waals surface area contributed by atoms with Gasteiger partial charge >= 0.3 is 6.61 Å². The van der Waals surface area contributed by atoms with Crippen LogP contribution in [0.25, 0.3) is 0 Å². The van der Waals surface area contributed by atoms with Crippen molar-refractivity contribution in [2.75, 3.05) is 18.5 Å². The molecule has 1 aromatic carbocycles. The molecule has 2 unspecified atom stereocenters. The Kier molecular flexibility index (Phi) is 15.8. The maximum atomic E-state index is 13.5. The van der Waals surface area contributed by atoms with Crippen LogP contribution < -0.4 is 16.0 Å². The number of unbranched alkanes of at least 4 members (excludes halogenated alkanes) is 1. The van der Waals surface area contributed by atoms with E-state index in [2.05, 4.69) is 36.5 Å². The Hall–Kier alpha value is -3.07. The molecule has 0 bridgehead atoms. The van der Waals surface area contributed by atoms with Gasteiger partial charge in [-0.05, 0) is 54.8 Å². The van der Waals surface area contributed by atoms with E-state index >= 15 is 0 Å². The number of alkyl halides is 2. The number of nitrogens with one attached hydrogen (secondary N) is 1. The predicted molar refractivity (Wildman–Crippen MR) is 131 cm³/mol. The van der Waals surface area contributed by atoms with Gasteiger partial charge in [-0.3, -0.25) is 4.79 Å². The monoisotopic (exact) mass is 482 g/mol. The van der Waals surface area contributed by atoms with Gasteiger partial charge in [0.15, 0.2) is 0 Å². The van der Waals surface area contributed by atoms with Crippen molar-refractivity contribution in [3.63, 3.8) is 0 Å². The van der Waals surface area contributed by atoms with Gasteiger partial charge < -0.3 is 21.1 Å². The predicted octanol–water partition coefficient (Wildman–Crippen LogP) is 4.94. The Bertz CT molecular complexity index is 815. The summed E-state index contributed by atoms with van der Waals surface area (Å²) >= 11 is 0. The lowest BCUT2D eigenvalue weighted by molar-refractivity contribution is -0.119. The third kappa shape index (κ3) is 12.2. The fraction of sp³-hybridized carbons (Fsp3) is 0.440. The number of carbonyl (C=O) groups excluding carboxylic acids is 1.